The third-order valence-electron chi connectivity index (χ3n) is 8.06. The van der Waals surface area contributed by atoms with Crippen LogP contribution in [0.1, 0.15) is 35.0 Å². The summed E-state index contributed by atoms with van der Waals surface area (Å²) in [6.45, 7) is -0.368. The fraction of sp³-hybridized carbons (Fsp3) is 0.419. The van der Waals surface area contributed by atoms with Crippen molar-refractivity contribution >= 4 is 0 Å². The number of hydrogen-bond acceptors (Lipinski definition) is 12. The predicted octanol–water partition coefficient (Wildman–Crippen LogP) is 2.80. The van der Waals surface area contributed by atoms with Gasteiger partial charge in [-0.05, 0) is 53.1 Å². The third-order valence-corrected chi connectivity index (χ3v) is 8.06. The molecule has 2 heterocycles. The van der Waals surface area contributed by atoms with Crippen LogP contribution in [0.4, 0.5) is 0 Å². The molecule has 0 saturated carbocycles. The van der Waals surface area contributed by atoms with E-state index in [0.29, 0.717) is 16.9 Å². The highest BCUT2D eigenvalue weighted by molar-refractivity contribution is 5.55. The maximum Gasteiger partial charge on any atom is 0.204 e. The molecule has 5 N–H and O–H groups in total. The van der Waals surface area contributed by atoms with E-state index in [1.807, 2.05) is 0 Å². The first-order chi connectivity index (χ1) is 20.7. The van der Waals surface area contributed by atoms with E-state index >= 15 is 0 Å². The van der Waals surface area contributed by atoms with Crippen molar-refractivity contribution in [2.45, 2.75) is 30.0 Å². The summed E-state index contributed by atoms with van der Waals surface area (Å²) >= 11 is 0. The Morgan fingerprint density at radius 2 is 1.40 bits per heavy atom. The van der Waals surface area contributed by atoms with Crippen molar-refractivity contribution in [2.75, 3.05) is 48.3 Å². The van der Waals surface area contributed by atoms with Gasteiger partial charge in [-0.3, -0.25) is 0 Å². The van der Waals surface area contributed by atoms with Crippen molar-refractivity contribution < 1.29 is 58.7 Å². The Balaban J connectivity index is 1.42. The summed E-state index contributed by atoms with van der Waals surface area (Å²) in [7, 11) is 5.71. The summed E-state index contributed by atoms with van der Waals surface area (Å²) in [6.07, 6.45) is -3.76. The van der Waals surface area contributed by atoms with E-state index in [9.17, 15) is 25.5 Å². The monoisotopic (exact) mass is 600 g/mol. The average molecular weight is 601 g/mol. The van der Waals surface area contributed by atoms with Crippen LogP contribution in [-0.4, -0.2) is 85.5 Å². The van der Waals surface area contributed by atoms with E-state index < -0.39 is 42.5 Å². The van der Waals surface area contributed by atoms with Gasteiger partial charge < -0.3 is 58.7 Å². The number of fused-ring (bicyclic) bond motifs is 1. The Morgan fingerprint density at radius 3 is 2.00 bits per heavy atom. The van der Waals surface area contributed by atoms with Gasteiger partial charge in [0.1, 0.15) is 17.8 Å². The first kappa shape index (κ1) is 30.5. The highest BCUT2D eigenvalue weighted by atomic mass is 16.6. The highest BCUT2D eigenvalue weighted by Gasteiger charge is 2.59. The van der Waals surface area contributed by atoms with Crippen LogP contribution < -0.4 is 23.7 Å². The summed E-state index contributed by atoms with van der Waals surface area (Å²) in [5.74, 6) is 0.497. The minimum atomic E-state index is -1.39. The highest BCUT2D eigenvalue weighted by Crippen LogP contribution is 2.55. The van der Waals surface area contributed by atoms with Gasteiger partial charge in [-0.1, -0.05) is 12.1 Å². The van der Waals surface area contributed by atoms with E-state index in [2.05, 4.69) is 0 Å². The molecule has 0 aliphatic carbocycles. The van der Waals surface area contributed by atoms with Gasteiger partial charge in [0.05, 0.1) is 54.4 Å². The number of aromatic hydroxyl groups is 2. The molecule has 2 saturated heterocycles. The van der Waals surface area contributed by atoms with Gasteiger partial charge in [-0.25, -0.2) is 0 Å². The zero-order valence-corrected chi connectivity index (χ0v) is 24.2. The number of rotatable bonds is 11. The number of phenolic OH excluding ortho intramolecular Hbond substituents is 2. The molecule has 6 atom stereocenters. The van der Waals surface area contributed by atoms with Crippen molar-refractivity contribution in [3.8, 4) is 40.2 Å². The Hall–Kier alpha value is -3.94. The van der Waals surface area contributed by atoms with Crippen molar-refractivity contribution in [1.82, 2.24) is 0 Å². The molecule has 12 heteroatoms. The van der Waals surface area contributed by atoms with E-state index in [4.69, 9.17) is 33.2 Å². The minimum absolute atomic E-state index is 0.000281. The Labute approximate surface area is 248 Å². The number of hydrogen-bond donors (Lipinski definition) is 5. The third kappa shape index (κ3) is 5.48. The van der Waals surface area contributed by atoms with Crippen LogP contribution in [0, 0.1) is 5.92 Å². The average Bonchev–Trinajstić information content (AvgIpc) is 3.54. The molecule has 0 bridgehead atoms. The summed E-state index contributed by atoms with van der Waals surface area (Å²) in [5, 5.41) is 52.9. The molecule has 0 spiro atoms. The minimum Gasteiger partial charge on any atom is -0.504 e. The number of phenols is 2. The van der Waals surface area contributed by atoms with Crippen LogP contribution >= 0.6 is 0 Å². The number of ether oxygens (including phenoxy) is 7. The van der Waals surface area contributed by atoms with Crippen LogP contribution in [0.2, 0.25) is 0 Å². The van der Waals surface area contributed by atoms with Crippen molar-refractivity contribution in [1.29, 1.82) is 0 Å². The van der Waals surface area contributed by atoms with Crippen LogP contribution in [0.5, 0.6) is 40.2 Å². The molecule has 2 fully saturated rings. The van der Waals surface area contributed by atoms with Crippen LogP contribution in [0.15, 0.2) is 48.5 Å². The number of aliphatic hydroxyl groups is 3. The second kappa shape index (κ2) is 12.3. The molecule has 0 radical (unpaired) electrons. The second-order valence-corrected chi connectivity index (χ2v) is 10.4. The maximum absolute atomic E-state index is 11.9. The second-order valence-electron chi connectivity index (χ2n) is 10.4. The Morgan fingerprint density at radius 1 is 0.814 bits per heavy atom. The lowest BCUT2D eigenvalue weighted by Gasteiger charge is -2.29. The van der Waals surface area contributed by atoms with Crippen molar-refractivity contribution in [3.63, 3.8) is 0 Å². The van der Waals surface area contributed by atoms with E-state index in [1.54, 1.807) is 24.3 Å². The molecule has 0 unspecified atom stereocenters. The van der Waals surface area contributed by atoms with Gasteiger partial charge in [0.15, 0.2) is 40.6 Å². The van der Waals surface area contributed by atoms with E-state index in [0.717, 1.165) is 5.56 Å². The lowest BCUT2D eigenvalue weighted by molar-refractivity contribution is -0.0629. The Kier molecular flexibility index (Phi) is 8.76. The van der Waals surface area contributed by atoms with Crippen LogP contribution in [0.25, 0.3) is 0 Å². The van der Waals surface area contributed by atoms with Crippen molar-refractivity contribution in [3.05, 3.63) is 65.2 Å². The number of benzene rings is 3. The lowest BCUT2D eigenvalue weighted by Crippen LogP contribution is -2.39. The van der Waals surface area contributed by atoms with Crippen LogP contribution in [-0.2, 0) is 9.47 Å². The molecule has 43 heavy (non-hydrogen) atoms. The molecular formula is C31H36O12. The summed E-state index contributed by atoms with van der Waals surface area (Å²) in [4.78, 5) is 0. The number of aliphatic hydroxyl groups excluding tert-OH is 2. The standard InChI is InChI=1S/C31H36O12/c1-37-22-9-16(5-7-20(22)33)27(35)26(13-32)43-29-24(39-3)11-18(12-25(29)40-4)30-31(36)15-42-28(19(31)14-41-30)17-6-8-21(34)23(10-17)38-2/h5-12,19,26-28,30,32-36H,13-15H2,1-4H3/t19-,26-,27+,28-,30-,31-/m0/s1. The van der Waals surface area contributed by atoms with Crippen LogP contribution in [0.3, 0.4) is 0 Å². The van der Waals surface area contributed by atoms with Gasteiger partial charge in [0.2, 0.25) is 5.75 Å². The van der Waals surface area contributed by atoms with Crippen molar-refractivity contribution in [2.24, 2.45) is 5.92 Å². The zero-order chi connectivity index (χ0) is 30.9. The fourth-order valence-electron chi connectivity index (χ4n) is 5.75. The smallest absolute Gasteiger partial charge is 0.204 e. The largest absolute Gasteiger partial charge is 0.504 e. The van der Waals surface area contributed by atoms with Gasteiger partial charge in [-0.15, -0.1) is 0 Å². The molecule has 3 aromatic rings. The van der Waals surface area contributed by atoms with E-state index in [-0.39, 0.29) is 47.7 Å². The SMILES string of the molecule is COc1cc([C@@H](O)[C@H](CO)Oc2c(OC)cc([C@@H]3OC[C@H]4[C@H](c5ccc(O)c(OC)c5)OC[C@@]34O)cc2OC)ccc1O. The molecule has 0 amide bonds. The Bertz CT molecular complexity index is 1420. The molecule has 5 rings (SSSR count). The summed E-state index contributed by atoms with van der Waals surface area (Å²) in [5.41, 5.74) is 0.232. The molecular weight excluding hydrogens is 564 g/mol. The predicted molar refractivity (Wildman–Crippen MR) is 151 cm³/mol. The topological polar surface area (TPSA) is 166 Å². The summed E-state index contributed by atoms with van der Waals surface area (Å²) < 4.78 is 39.8. The molecule has 232 valence electrons. The summed E-state index contributed by atoms with van der Waals surface area (Å²) in [6, 6.07) is 12.5. The maximum atomic E-state index is 11.9. The lowest BCUT2D eigenvalue weighted by atomic mass is 9.81. The van der Waals surface area contributed by atoms with Gasteiger partial charge >= 0.3 is 0 Å². The molecule has 12 nitrogen and oxygen atoms in total. The molecule has 2 aliphatic rings. The molecule has 3 aromatic carbocycles. The van der Waals surface area contributed by atoms with Gasteiger partial charge in [-0.2, -0.15) is 0 Å². The quantitative estimate of drug-likeness (QED) is 0.219. The van der Waals surface area contributed by atoms with E-state index in [1.165, 1.54) is 52.7 Å². The number of methoxy groups -OCH3 is 4. The first-order valence-electron chi connectivity index (χ1n) is 13.6. The molecule has 2 aliphatic heterocycles. The normalized spacial score (nSPS) is 24.2. The first-order valence-corrected chi connectivity index (χ1v) is 13.6. The molecule has 0 aromatic heterocycles. The van der Waals surface area contributed by atoms with Gasteiger partial charge in [0, 0.05) is 5.92 Å². The van der Waals surface area contributed by atoms with Gasteiger partial charge in [0.25, 0.3) is 0 Å². The zero-order valence-electron chi connectivity index (χ0n) is 24.2. The fourth-order valence-corrected chi connectivity index (χ4v) is 5.75.